The molecule has 0 unspecified atom stereocenters. The molecule has 0 N–H and O–H groups in total. The molecule has 20 heavy (non-hydrogen) atoms. The molecule has 0 bridgehead atoms. The first kappa shape index (κ1) is 13.5. The minimum absolute atomic E-state index is 0.389. The van der Waals surface area contributed by atoms with Gasteiger partial charge >= 0.3 is 0 Å². The van der Waals surface area contributed by atoms with E-state index in [2.05, 4.69) is 22.1 Å². The van der Waals surface area contributed by atoms with Crippen LogP contribution in [-0.4, -0.2) is 16.5 Å². The monoisotopic (exact) mass is 263 g/mol. The van der Waals surface area contributed by atoms with E-state index < -0.39 is 0 Å². The van der Waals surface area contributed by atoms with Crippen molar-refractivity contribution < 1.29 is 0 Å². The highest BCUT2D eigenvalue weighted by Crippen LogP contribution is 2.20. The molecule has 0 fully saturated rings. The first-order valence-corrected chi connectivity index (χ1v) is 6.20. The van der Waals surface area contributed by atoms with Gasteiger partial charge in [-0.05, 0) is 17.7 Å². The van der Waals surface area contributed by atoms with Crippen molar-refractivity contribution in [1.82, 2.24) is 9.97 Å². The van der Waals surface area contributed by atoms with Crippen LogP contribution in [0.25, 0.3) is 0 Å². The first-order valence-electron chi connectivity index (χ1n) is 6.20. The van der Waals surface area contributed by atoms with E-state index in [4.69, 9.17) is 5.26 Å². The molecule has 0 aliphatic heterocycles. The maximum atomic E-state index is 9.18. The molecule has 2 aromatic rings. The van der Waals surface area contributed by atoms with Crippen molar-refractivity contribution in [3.05, 3.63) is 54.1 Å². The van der Waals surface area contributed by atoms with E-state index in [1.165, 1.54) is 0 Å². The number of nitriles is 2. The zero-order valence-corrected chi connectivity index (χ0v) is 10.9. The van der Waals surface area contributed by atoms with Crippen LogP contribution in [0.3, 0.4) is 0 Å². The molecule has 0 aliphatic rings. The Bertz CT molecular complexity index is 639. The van der Waals surface area contributed by atoms with Crippen molar-refractivity contribution in [2.45, 2.75) is 13.0 Å². The van der Waals surface area contributed by atoms with Gasteiger partial charge in [0.15, 0.2) is 0 Å². The van der Waals surface area contributed by atoms with Crippen LogP contribution in [0.15, 0.2) is 43.0 Å². The van der Waals surface area contributed by atoms with Crippen LogP contribution in [0.1, 0.15) is 17.5 Å². The van der Waals surface area contributed by atoms with Gasteiger partial charge in [0, 0.05) is 31.7 Å². The third-order valence-corrected chi connectivity index (χ3v) is 2.85. The normalized spacial score (nSPS) is 9.50. The summed E-state index contributed by atoms with van der Waals surface area (Å²) in [6.45, 7) is 1.14. The Morgan fingerprint density at radius 2 is 1.95 bits per heavy atom. The molecule has 98 valence electrons. The average Bonchev–Trinajstić information content (AvgIpc) is 2.52. The quantitative estimate of drug-likeness (QED) is 0.827. The zero-order chi connectivity index (χ0) is 14.2. The fourth-order valence-corrected chi connectivity index (χ4v) is 1.91. The summed E-state index contributed by atoms with van der Waals surface area (Å²) in [5.41, 5.74) is 2.33. The lowest BCUT2D eigenvalue weighted by molar-refractivity contribution is 0.791. The van der Waals surface area contributed by atoms with Gasteiger partial charge in [0.1, 0.15) is 6.07 Å². The van der Waals surface area contributed by atoms with Crippen molar-refractivity contribution in [2.24, 2.45) is 0 Å². The van der Waals surface area contributed by atoms with Crippen LogP contribution < -0.4 is 4.90 Å². The number of hydrogen-bond acceptors (Lipinski definition) is 5. The van der Waals surface area contributed by atoms with Gasteiger partial charge in [-0.3, -0.25) is 9.97 Å². The second-order valence-electron chi connectivity index (χ2n) is 4.20. The Morgan fingerprint density at radius 1 is 1.10 bits per heavy atom. The molecule has 0 atom stereocenters. The molecule has 0 spiro atoms. The average molecular weight is 263 g/mol. The summed E-state index contributed by atoms with van der Waals surface area (Å²) in [6.07, 6.45) is 7.14. The standard InChI is InChI=1S/C15H13N5/c16-5-2-8-20(12-13-3-1-6-18-10-13)15-11-19-7-4-14(15)9-17/h1,3-4,6-7,10-11H,2,8,12H2. The van der Waals surface area contributed by atoms with Gasteiger partial charge in [0.05, 0.1) is 29.9 Å². The lowest BCUT2D eigenvalue weighted by Gasteiger charge is -2.24. The SMILES string of the molecule is N#CCCN(Cc1cccnc1)c1cnccc1C#N. The number of nitrogens with zero attached hydrogens (tertiary/aromatic N) is 5. The molecule has 0 aliphatic carbocycles. The summed E-state index contributed by atoms with van der Waals surface area (Å²) in [6, 6.07) is 9.80. The number of pyridine rings is 2. The highest BCUT2D eigenvalue weighted by Gasteiger charge is 2.12. The molecule has 0 aromatic carbocycles. The van der Waals surface area contributed by atoms with Crippen LogP contribution in [-0.2, 0) is 6.54 Å². The van der Waals surface area contributed by atoms with Crippen LogP contribution in [0, 0.1) is 22.7 Å². The van der Waals surface area contributed by atoms with Gasteiger partial charge in [0.25, 0.3) is 0 Å². The summed E-state index contributed by atoms with van der Waals surface area (Å²) < 4.78 is 0. The van der Waals surface area contributed by atoms with E-state index in [1.807, 2.05) is 17.0 Å². The van der Waals surface area contributed by atoms with Gasteiger partial charge in [-0.1, -0.05) is 6.07 Å². The van der Waals surface area contributed by atoms with Crippen molar-refractivity contribution >= 4 is 5.69 Å². The molecule has 2 aromatic heterocycles. The third kappa shape index (κ3) is 3.30. The molecular formula is C15H13N5. The van der Waals surface area contributed by atoms with E-state index >= 15 is 0 Å². The topological polar surface area (TPSA) is 76.6 Å². The molecule has 5 nitrogen and oxygen atoms in total. The molecule has 0 saturated heterocycles. The molecule has 0 amide bonds. The van der Waals surface area contributed by atoms with Crippen molar-refractivity contribution in [3.63, 3.8) is 0 Å². The van der Waals surface area contributed by atoms with Crippen LogP contribution >= 0.6 is 0 Å². The van der Waals surface area contributed by atoms with Gasteiger partial charge in [-0.2, -0.15) is 10.5 Å². The predicted octanol–water partition coefficient (Wildman–Crippen LogP) is 2.27. The van der Waals surface area contributed by atoms with E-state index in [0.717, 1.165) is 11.3 Å². The van der Waals surface area contributed by atoms with Crippen LogP contribution in [0.2, 0.25) is 0 Å². The molecular weight excluding hydrogens is 250 g/mol. The molecule has 0 saturated carbocycles. The van der Waals surface area contributed by atoms with Crippen LogP contribution in [0.4, 0.5) is 5.69 Å². The zero-order valence-electron chi connectivity index (χ0n) is 10.9. The fraction of sp³-hybridized carbons (Fsp3) is 0.200. The van der Waals surface area contributed by atoms with Crippen molar-refractivity contribution in [1.29, 1.82) is 10.5 Å². The van der Waals surface area contributed by atoms with Gasteiger partial charge in [0.2, 0.25) is 0 Å². The van der Waals surface area contributed by atoms with Crippen molar-refractivity contribution in [3.8, 4) is 12.1 Å². The summed E-state index contributed by atoms with van der Waals surface area (Å²) in [5, 5.41) is 18.0. The van der Waals surface area contributed by atoms with E-state index in [-0.39, 0.29) is 0 Å². The van der Waals surface area contributed by atoms with E-state index in [9.17, 15) is 5.26 Å². The summed E-state index contributed by atoms with van der Waals surface area (Å²) in [4.78, 5) is 10.1. The Balaban J connectivity index is 2.28. The third-order valence-electron chi connectivity index (χ3n) is 2.85. The van der Waals surface area contributed by atoms with Crippen molar-refractivity contribution in [2.75, 3.05) is 11.4 Å². The Labute approximate surface area is 117 Å². The highest BCUT2D eigenvalue weighted by atomic mass is 15.1. The number of hydrogen-bond donors (Lipinski definition) is 0. The number of aromatic nitrogens is 2. The minimum Gasteiger partial charge on any atom is -0.364 e. The fourth-order valence-electron chi connectivity index (χ4n) is 1.91. The smallest absolute Gasteiger partial charge is 0.101 e. The Hall–Kier alpha value is -2.92. The Kier molecular flexibility index (Phi) is 4.64. The van der Waals surface area contributed by atoms with Crippen LogP contribution in [0.5, 0.6) is 0 Å². The van der Waals surface area contributed by atoms with Gasteiger partial charge in [-0.25, -0.2) is 0 Å². The summed E-state index contributed by atoms with van der Waals surface area (Å²) in [5.74, 6) is 0. The Morgan fingerprint density at radius 3 is 2.65 bits per heavy atom. The predicted molar refractivity (Wildman–Crippen MR) is 74.5 cm³/mol. The minimum atomic E-state index is 0.389. The summed E-state index contributed by atoms with van der Waals surface area (Å²) >= 11 is 0. The highest BCUT2D eigenvalue weighted by molar-refractivity contribution is 5.57. The lowest BCUT2D eigenvalue weighted by Crippen LogP contribution is -2.24. The lowest BCUT2D eigenvalue weighted by atomic mass is 10.2. The summed E-state index contributed by atoms with van der Waals surface area (Å²) in [7, 11) is 0. The molecule has 2 rings (SSSR count). The second-order valence-corrected chi connectivity index (χ2v) is 4.20. The van der Waals surface area contributed by atoms with Gasteiger partial charge in [-0.15, -0.1) is 0 Å². The number of rotatable bonds is 5. The first-order chi connectivity index (χ1) is 9.85. The maximum absolute atomic E-state index is 9.18. The van der Waals surface area contributed by atoms with Gasteiger partial charge < -0.3 is 4.90 Å². The largest absolute Gasteiger partial charge is 0.364 e. The van der Waals surface area contributed by atoms with E-state index in [1.54, 1.807) is 30.9 Å². The molecule has 5 heteroatoms. The molecule has 2 heterocycles. The molecule has 0 radical (unpaired) electrons. The maximum Gasteiger partial charge on any atom is 0.101 e. The van der Waals surface area contributed by atoms with E-state index in [0.29, 0.717) is 25.1 Å². The number of anilines is 1. The second kappa shape index (κ2) is 6.86.